The summed E-state index contributed by atoms with van der Waals surface area (Å²) in [5, 5.41) is 1.27. The fraction of sp³-hybridized carbons (Fsp3) is 0.435. The zero-order valence-corrected chi connectivity index (χ0v) is 18.7. The van der Waals surface area contributed by atoms with Gasteiger partial charge in [0.2, 0.25) is 0 Å². The number of carbonyl (C=O) groups is 1. The minimum absolute atomic E-state index is 0.0658. The number of ether oxygens (including phenoxy) is 1. The first-order valence-corrected chi connectivity index (χ1v) is 10.7. The first kappa shape index (κ1) is 22.1. The number of hydrogen-bond acceptors (Lipinski definition) is 4. The normalized spacial score (nSPS) is 17.1. The SMILES string of the molecule is CC(C)(C)OC(=O)CN1CCN(C(c2ccccc2)c2cc(Cl)cc(Cl)c2)CC1. The molecule has 156 valence electrons. The van der Waals surface area contributed by atoms with Gasteiger partial charge in [0.05, 0.1) is 12.6 Å². The van der Waals surface area contributed by atoms with Crippen LogP contribution in [0.3, 0.4) is 0 Å². The van der Waals surface area contributed by atoms with Gasteiger partial charge in [-0.3, -0.25) is 14.6 Å². The van der Waals surface area contributed by atoms with E-state index >= 15 is 0 Å². The lowest BCUT2D eigenvalue weighted by molar-refractivity contribution is -0.156. The summed E-state index contributed by atoms with van der Waals surface area (Å²) in [6.45, 7) is 9.28. The van der Waals surface area contributed by atoms with Crippen molar-refractivity contribution in [2.45, 2.75) is 32.4 Å². The maximum absolute atomic E-state index is 12.2. The molecular weight excluding hydrogens is 407 g/mol. The topological polar surface area (TPSA) is 32.8 Å². The Hall–Kier alpha value is -1.59. The predicted molar refractivity (Wildman–Crippen MR) is 119 cm³/mol. The van der Waals surface area contributed by atoms with E-state index in [1.807, 2.05) is 51.1 Å². The smallest absolute Gasteiger partial charge is 0.320 e. The molecule has 1 atom stereocenters. The first-order chi connectivity index (χ1) is 13.7. The minimum atomic E-state index is -0.455. The third-order valence-corrected chi connectivity index (χ3v) is 5.30. The number of carbonyl (C=O) groups excluding carboxylic acids is 1. The molecule has 1 aliphatic rings. The highest BCUT2D eigenvalue weighted by Gasteiger charge is 2.28. The van der Waals surface area contributed by atoms with E-state index < -0.39 is 5.60 Å². The second-order valence-corrected chi connectivity index (χ2v) is 9.29. The molecule has 1 saturated heterocycles. The maximum Gasteiger partial charge on any atom is 0.320 e. The summed E-state index contributed by atoms with van der Waals surface area (Å²) in [5.74, 6) is -0.174. The number of rotatable bonds is 5. The van der Waals surface area contributed by atoms with Crippen molar-refractivity contribution in [3.8, 4) is 0 Å². The van der Waals surface area contributed by atoms with Crippen LogP contribution >= 0.6 is 23.2 Å². The average molecular weight is 435 g/mol. The molecule has 2 aromatic rings. The van der Waals surface area contributed by atoms with Gasteiger partial charge in [0.15, 0.2) is 0 Å². The van der Waals surface area contributed by atoms with E-state index in [1.165, 1.54) is 5.56 Å². The number of halogens is 2. The lowest BCUT2D eigenvalue weighted by Crippen LogP contribution is -2.49. The van der Waals surface area contributed by atoms with Crippen molar-refractivity contribution in [2.24, 2.45) is 0 Å². The first-order valence-electron chi connectivity index (χ1n) is 9.90. The summed E-state index contributed by atoms with van der Waals surface area (Å²) >= 11 is 12.6. The molecule has 3 rings (SSSR count). The maximum atomic E-state index is 12.2. The Balaban J connectivity index is 1.73. The van der Waals surface area contributed by atoms with Crippen LogP contribution in [0.4, 0.5) is 0 Å². The molecule has 0 amide bonds. The van der Waals surface area contributed by atoms with Gasteiger partial charge in [0.25, 0.3) is 0 Å². The van der Waals surface area contributed by atoms with Crippen LogP contribution in [0, 0.1) is 0 Å². The van der Waals surface area contributed by atoms with Gasteiger partial charge in [-0.2, -0.15) is 0 Å². The third kappa shape index (κ3) is 6.45. The molecule has 29 heavy (non-hydrogen) atoms. The number of nitrogens with zero attached hydrogens (tertiary/aromatic N) is 2. The molecule has 0 bridgehead atoms. The summed E-state index contributed by atoms with van der Waals surface area (Å²) < 4.78 is 5.46. The monoisotopic (exact) mass is 434 g/mol. The van der Waals surface area contributed by atoms with E-state index in [4.69, 9.17) is 27.9 Å². The van der Waals surface area contributed by atoms with Crippen LogP contribution in [0.1, 0.15) is 37.9 Å². The predicted octanol–water partition coefficient (Wildman–Crippen LogP) is 5.04. The van der Waals surface area contributed by atoms with Gasteiger partial charge in [0, 0.05) is 36.2 Å². The van der Waals surface area contributed by atoms with Crippen LogP contribution in [0.15, 0.2) is 48.5 Å². The molecule has 0 radical (unpaired) electrons. The summed E-state index contributed by atoms with van der Waals surface area (Å²) in [7, 11) is 0. The quantitative estimate of drug-likeness (QED) is 0.616. The highest BCUT2D eigenvalue weighted by Crippen LogP contribution is 2.33. The number of piperazine rings is 1. The zero-order chi connectivity index (χ0) is 21.0. The van der Waals surface area contributed by atoms with Gasteiger partial charge in [-0.05, 0) is 50.1 Å². The van der Waals surface area contributed by atoms with Gasteiger partial charge in [-0.1, -0.05) is 53.5 Å². The van der Waals surface area contributed by atoms with Crippen molar-refractivity contribution in [3.05, 3.63) is 69.7 Å². The lowest BCUT2D eigenvalue weighted by Gasteiger charge is -2.39. The summed E-state index contributed by atoms with van der Waals surface area (Å²) in [4.78, 5) is 16.7. The van der Waals surface area contributed by atoms with Crippen LogP contribution in [0.2, 0.25) is 10.0 Å². The Morgan fingerprint density at radius 3 is 2.10 bits per heavy atom. The molecule has 6 heteroatoms. The largest absolute Gasteiger partial charge is 0.459 e. The van der Waals surface area contributed by atoms with E-state index in [-0.39, 0.29) is 12.0 Å². The Bertz CT molecular complexity index is 808. The van der Waals surface area contributed by atoms with Gasteiger partial charge in [0.1, 0.15) is 5.60 Å². The molecule has 0 aliphatic carbocycles. The molecule has 1 unspecified atom stereocenters. The molecule has 4 nitrogen and oxygen atoms in total. The van der Waals surface area contributed by atoms with Crippen LogP contribution in [-0.4, -0.2) is 54.1 Å². The number of hydrogen-bond donors (Lipinski definition) is 0. The van der Waals surface area contributed by atoms with Crippen LogP contribution in [-0.2, 0) is 9.53 Å². The van der Waals surface area contributed by atoms with Crippen molar-refractivity contribution in [3.63, 3.8) is 0 Å². The Morgan fingerprint density at radius 2 is 1.55 bits per heavy atom. The van der Waals surface area contributed by atoms with Crippen molar-refractivity contribution in [1.82, 2.24) is 9.80 Å². The average Bonchev–Trinajstić information content (AvgIpc) is 2.62. The molecule has 0 spiro atoms. The molecule has 1 aliphatic heterocycles. The Kier molecular flexibility index (Phi) is 7.23. The van der Waals surface area contributed by atoms with E-state index in [1.54, 1.807) is 6.07 Å². The fourth-order valence-electron chi connectivity index (χ4n) is 3.72. The zero-order valence-electron chi connectivity index (χ0n) is 17.2. The highest BCUT2D eigenvalue weighted by molar-refractivity contribution is 6.34. The molecule has 1 heterocycles. The molecule has 0 aromatic heterocycles. The minimum Gasteiger partial charge on any atom is -0.459 e. The summed E-state index contributed by atoms with van der Waals surface area (Å²) in [6.07, 6.45) is 0. The van der Waals surface area contributed by atoms with Crippen LogP contribution < -0.4 is 0 Å². The summed E-state index contributed by atoms with van der Waals surface area (Å²) in [6, 6.07) is 16.2. The second-order valence-electron chi connectivity index (χ2n) is 8.41. The van der Waals surface area contributed by atoms with Crippen LogP contribution in [0.5, 0.6) is 0 Å². The third-order valence-electron chi connectivity index (χ3n) is 4.86. The Morgan fingerprint density at radius 1 is 0.966 bits per heavy atom. The van der Waals surface area contributed by atoms with Crippen molar-refractivity contribution < 1.29 is 9.53 Å². The standard InChI is InChI=1S/C23H28Cl2N2O2/c1-23(2,3)29-21(28)16-26-9-11-27(12-10-26)22(17-7-5-4-6-8-17)18-13-19(24)15-20(25)14-18/h4-8,13-15,22H,9-12,16H2,1-3H3. The number of benzene rings is 2. The van der Waals surface area contributed by atoms with Gasteiger partial charge in [-0.15, -0.1) is 0 Å². The summed E-state index contributed by atoms with van der Waals surface area (Å²) in [5.41, 5.74) is 1.82. The van der Waals surface area contributed by atoms with Gasteiger partial charge >= 0.3 is 5.97 Å². The molecule has 2 aromatic carbocycles. The lowest BCUT2D eigenvalue weighted by atomic mass is 9.96. The van der Waals surface area contributed by atoms with E-state index in [2.05, 4.69) is 21.9 Å². The number of esters is 1. The molecule has 1 fully saturated rings. The van der Waals surface area contributed by atoms with E-state index in [9.17, 15) is 4.79 Å². The van der Waals surface area contributed by atoms with Gasteiger partial charge in [-0.25, -0.2) is 0 Å². The second kappa shape index (κ2) is 9.48. The van der Waals surface area contributed by atoms with E-state index in [0.717, 1.165) is 31.7 Å². The van der Waals surface area contributed by atoms with Crippen LogP contribution in [0.25, 0.3) is 0 Å². The molecule has 0 saturated carbocycles. The van der Waals surface area contributed by atoms with Crippen molar-refractivity contribution in [1.29, 1.82) is 0 Å². The molecular formula is C23H28Cl2N2O2. The molecule has 0 N–H and O–H groups in total. The van der Waals surface area contributed by atoms with Gasteiger partial charge < -0.3 is 4.74 Å². The fourth-order valence-corrected chi connectivity index (χ4v) is 4.26. The van der Waals surface area contributed by atoms with Crippen molar-refractivity contribution in [2.75, 3.05) is 32.7 Å². The van der Waals surface area contributed by atoms with Crippen molar-refractivity contribution >= 4 is 29.2 Å². The highest BCUT2D eigenvalue weighted by atomic mass is 35.5. The Labute approximate surface area is 183 Å². The van der Waals surface area contributed by atoms with E-state index in [0.29, 0.717) is 16.6 Å².